The SMILES string of the molecule is CNS(=O)(=O)O[C@@H]1C[C@@H](Nc2ncncc2C(=O)c2ccn([C@H](C)c3cccc(Br)c3)c2)[C@@H](F)[C@@H]1O. The monoisotopic (exact) mass is 581 g/mol. The van der Waals surface area contributed by atoms with Crippen molar-refractivity contribution in [2.45, 2.75) is 43.8 Å². The molecule has 5 atom stereocenters. The third kappa shape index (κ3) is 5.65. The normalized spacial score (nSPS) is 22.9. The van der Waals surface area contributed by atoms with Crippen molar-refractivity contribution in [3.8, 4) is 0 Å². The van der Waals surface area contributed by atoms with Crippen LogP contribution in [0, 0.1) is 0 Å². The highest BCUT2D eigenvalue weighted by Gasteiger charge is 2.46. The summed E-state index contributed by atoms with van der Waals surface area (Å²) in [7, 11) is -2.99. The van der Waals surface area contributed by atoms with E-state index in [0.717, 1.165) is 17.1 Å². The Kier molecular flexibility index (Phi) is 7.85. The van der Waals surface area contributed by atoms with E-state index in [-0.39, 0.29) is 29.6 Å². The van der Waals surface area contributed by atoms with Gasteiger partial charge in [0.2, 0.25) is 0 Å². The zero-order valence-electron chi connectivity index (χ0n) is 19.4. The molecular formula is C23H25BrFN5O5S. The van der Waals surface area contributed by atoms with E-state index in [1.165, 1.54) is 12.5 Å². The number of nitrogens with zero attached hydrogens (tertiary/aromatic N) is 3. The van der Waals surface area contributed by atoms with Crippen LogP contribution in [-0.2, 0) is 14.5 Å². The highest BCUT2D eigenvalue weighted by Crippen LogP contribution is 2.30. The minimum atomic E-state index is -4.13. The van der Waals surface area contributed by atoms with Crippen LogP contribution in [0.25, 0.3) is 0 Å². The van der Waals surface area contributed by atoms with Gasteiger partial charge in [0, 0.05) is 42.1 Å². The van der Waals surface area contributed by atoms with E-state index >= 15 is 0 Å². The van der Waals surface area contributed by atoms with Gasteiger partial charge in [-0.05, 0) is 30.7 Å². The van der Waals surface area contributed by atoms with E-state index in [9.17, 15) is 22.7 Å². The maximum absolute atomic E-state index is 14.8. The molecule has 0 unspecified atom stereocenters. The van der Waals surface area contributed by atoms with E-state index in [1.54, 1.807) is 18.5 Å². The number of aromatic nitrogens is 3. The predicted octanol–water partition coefficient (Wildman–Crippen LogP) is 2.61. The molecule has 1 aromatic carbocycles. The van der Waals surface area contributed by atoms with Gasteiger partial charge in [0.1, 0.15) is 30.5 Å². The summed E-state index contributed by atoms with van der Waals surface area (Å²) in [6.45, 7) is 2.01. The molecule has 0 saturated heterocycles. The molecule has 10 nitrogen and oxygen atoms in total. The molecule has 36 heavy (non-hydrogen) atoms. The molecule has 1 aliphatic carbocycles. The Balaban J connectivity index is 1.52. The minimum Gasteiger partial charge on any atom is -0.387 e. The van der Waals surface area contributed by atoms with Gasteiger partial charge < -0.3 is 15.0 Å². The predicted molar refractivity (Wildman–Crippen MR) is 134 cm³/mol. The summed E-state index contributed by atoms with van der Waals surface area (Å²) < 4.78 is 47.8. The van der Waals surface area contributed by atoms with Gasteiger partial charge in [0.05, 0.1) is 17.6 Å². The molecule has 3 aromatic rings. The minimum absolute atomic E-state index is 0.0354. The second kappa shape index (κ2) is 10.7. The maximum Gasteiger partial charge on any atom is 0.335 e. The number of rotatable bonds is 9. The van der Waals surface area contributed by atoms with Gasteiger partial charge in [-0.1, -0.05) is 28.1 Å². The molecular weight excluding hydrogens is 557 g/mol. The number of ketones is 1. The first kappa shape index (κ1) is 26.4. The third-order valence-electron chi connectivity index (χ3n) is 6.11. The number of aliphatic hydroxyl groups is 1. The summed E-state index contributed by atoms with van der Waals surface area (Å²) in [5, 5.41) is 13.0. The number of benzene rings is 1. The van der Waals surface area contributed by atoms with Gasteiger partial charge in [-0.3, -0.25) is 8.98 Å². The molecule has 192 valence electrons. The molecule has 1 aliphatic rings. The van der Waals surface area contributed by atoms with E-state index in [4.69, 9.17) is 4.18 Å². The highest BCUT2D eigenvalue weighted by atomic mass is 79.9. The summed E-state index contributed by atoms with van der Waals surface area (Å²) in [5.74, 6) is -0.308. The average molecular weight is 582 g/mol. The molecule has 0 aliphatic heterocycles. The molecule has 0 amide bonds. The summed E-state index contributed by atoms with van der Waals surface area (Å²) in [6, 6.07) is 8.47. The lowest BCUT2D eigenvalue weighted by Gasteiger charge is -2.17. The topological polar surface area (TPSA) is 135 Å². The van der Waals surface area contributed by atoms with Crippen LogP contribution in [0.4, 0.5) is 10.2 Å². The third-order valence-corrected chi connectivity index (χ3v) is 7.61. The summed E-state index contributed by atoms with van der Waals surface area (Å²) in [6.07, 6.45) is 1.04. The van der Waals surface area contributed by atoms with E-state index in [1.807, 2.05) is 40.5 Å². The smallest absolute Gasteiger partial charge is 0.335 e. The second-order valence-electron chi connectivity index (χ2n) is 8.41. The Bertz CT molecular complexity index is 1350. The van der Waals surface area contributed by atoms with Crippen LogP contribution in [-0.4, -0.2) is 65.3 Å². The number of alkyl halides is 1. The average Bonchev–Trinajstić information content (AvgIpc) is 3.45. The largest absolute Gasteiger partial charge is 0.387 e. The Morgan fingerprint density at radius 2 is 2.14 bits per heavy atom. The summed E-state index contributed by atoms with van der Waals surface area (Å²) in [4.78, 5) is 21.3. The van der Waals surface area contributed by atoms with Crippen molar-refractivity contribution >= 4 is 37.8 Å². The summed E-state index contributed by atoms with van der Waals surface area (Å²) >= 11 is 3.47. The van der Waals surface area contributed by atoms with Crippen LogP contribution in [0.5, 0.6) is 0 Å². The van der Waals surface area contributed by atoms with Crippen molar-refractivity contribution in [2.75, 3.05) is 12.4 Å². The first-order chi connectivity index (χ1) is 17.1. The van der Waals surface area contributed by atoms with E-state index in [2.05, 4.69) is 31.2 Å². The first-order valence-corrected chi connectivity index (χ1v) is 13.3. The van der Waals surface area contributed by atoms with Gasteiger partial charge >= 0.3 is 10.3 Å². The Labute approximate surface area is 216 Å². The lowest BCUT2D eigenvalue weighted by atomic mass is 10.1. The molecule has 2 heterocycles. The Hall–Kier alpha value is -2.71. The number of hydrogen-bond donors (Lipinski definition) is 3. The Morgan fingerprint density at radius 3 is 2.86 bits per heavy atom. The number of nitrogens with one attached hydrogen (secondary N) is 2. The number of halogens is 2. The van der Waals surface area contributed by atoms with Crippen LogP contribution >= 0.6 is 15.9 Å². The van der Waals surface area contributed by atoms with Gasteiger partial charge in [-0.2, -0.15) is 13.1 Å². The van der Waals surface area contributed by atoms with E-state index < -0.39 is 34.7 Å². The van der Waals surface area contributed by atoms with Gasteiger partial charge in [0.15, 0.2) is 5.78 Å². The van der Waals surface area contributed by atoms with Crippen molar-refractivity contribution in [3.05, 3.63) is 76.4 Å². The standard InChI is InChI=1S/C23H25BrFN5O5S/c1-13(14-4-3-5-16(24)8-14)30-7-6-15(11-30)21(31)17-10-27-12-28-23(17)29-18-9-19(22(32)20(18)25)35-36(33,34)26-2/h3-8,10-13,18-20,22,26,32H,9H2,1-2H3,(H,27,28,29)/t13-,18-,19-,20-,22-/m1/s1. The van der Waals surface area contributed by atoms with Crippen LogP contribution in [0.2, 0.25) is 0 Å². The maximum atomic E-state index is 14.8. The van der Waals surface area contributed by atoms with Crippen LogP contribution in [0.3, 0.4) is 0 Å². The van der Waals surface area contributed by atoms with Crippen LogP contribution < -0.4 is 10.0 Å². The van der Waals surface area contributed by atoms with Crippen molar-refractivity contribution in [1.82, 2.24) is 19.3 Å². The van der Waals surface area contributed by atoms with Crippen LogP contribution in [0.1, 0.15) is 40.9 Å². The molecule has 13 heteroatoms. The van der Waals surface area contributed by atoms with Crippen molar-refractivity contribution in [3.63, 3.8) is 0 Å². The molecule has 2 aromatic heterocycles. The highest BCUT2D eigenvalue weighted by molar-refractivity contribution is 9.10. The van der Waals surface area contributed by atoms with Gasteiger partial charge in [-0.25, -0.2) is 14.4 Å². The van der Waals surface area contributed by atoms with Crippen LogP contribution in [0.15, 0.2) is 59.7 Å². The number of carbonyl (C=O) groups is 1. The zero-order chi connectivity index (χ0) is 26.0. The lowest BCUT2D eigenvalue weighted by Crippen LogP contribution is -2.35. The fraction of sp³-hybridized carbons (Fsp3) is 0.348. The van der Waals surface area contributed by atoms with Crippen molar-refractivity contribution in [2.24, 2.45) is 0 Å². The number of carbonyl (C=O) groups excluding carboxylic acids is 1. The van der Waals surface area contributed by atoms with E-state index in [0.29, 0.717) is 5.56 Å². The van der Waals surface area contributed by atoms with Crippen molar-refractivity contribution in [1.29, 1.82) is 0 Å². The molecule has 0 bridgehead atoms. The molecule has 0 radical (unpaired) electrons. The Morgan fingerprint density at radius 1 is 1.36 bits per heavy atom. The number of anilines is 1. The summed E-state index contributed by atoms with van der Waals surface area (Å²) in [5.41, 5.74) is 1.55. The fourth-order valence-electron chi connectivity index (χ4n) is 4.08. The molecule has 4 rings (SSSR count). The molecule has 3 N–H and O–H groups in total. The molecule has 1 saturated carbocycles. The zero-order valence-corrected chi connectivity index (χ0v) is 21.8. The first-order valence-electron chi connectivity index (χ1n) is 11.1. The second-order valence-corrected chi connectivity index (χ2v) is 10.8. The lowest BCUT2D eigenvalue weighted by molar-refractivity contribution is 0.0248. The number of hydrogen-bond acceptors (Lipinski definition) is 8. The van der Waals surface area contributed by atoms with Gasteiger partial charge in [-0.15, -0.1) is 0 Å². The fourth-order valence-corrected chi connectivity index (χ4v) is 5.11. The number of aliphatic hydroxyl groups excluding tert-OH is 1. The van der Waals surface area contributed by atoms with Crippen molar-refractivity contribution < 1.29 is 26.9 Å². The van der Waals surface area contributed by atoms with Gasteiger partial charge in [0.25, 0.3) is 0 Å². The molecule has 1 fully saturated rings. The molecule has 0 spiro atoms. The quantitative estimate of drug-likeness (QED) is 0.328.